The second-order valence-electron chi connectivity index (χ2n) is 9.89. The first kappa shape index (κ1) is 22.7. The lowest BCUT2D eigenvalue weighted by molar-refractivity contribution is 0.0630. The lowest BCUT2D eigenvalue weighted by Gasteiger charge is -2.36. The number of nitrogens with zero attached hydrogens (tertiary/aromatic N) is 6. The molecule has 2 aromatic carbocycles. The van der Waals surface area contributed by atoms with Crippen LogP contribution in [0, 0.1) is 11.6 Å². The topological polar surface area (TPSA) is 92.6 Å². The Morgan fingerprint density at radius 1 is 0.974 bits per heavy atom. The molecule has 1 aliphatic carbocycles. The van der Waals surface area contributed by atoms with Crippen LogP contribution in [-0.2, 0) is 6.54 Å². The zero-order valence-corrected chi connectivity index (χ0v) is 20.3. The quantitative estimate of drug-likeness (QED) is 0.353. The van der Waals surface area contributed by atoms with Crippen molar-refractivity contribution in [3.63, 3.8) is 0 Å². The van der Waals surface area contributed by atoms with Gasteiger partial charge in [-0.1, -0.05) is 18.2 Å². The monoisotopic (exact) mass is 511 g/mol. The van der Waals surface area contributed by atoms with Gasteiger partial charge in [-0.05, 0) is 61.6 Å². The van der Waals surface area contributed by atoms with Gasteiger partial charge >= 0.3 is 0 Å². The van der Waals surface area contributed by atoms with Gasteiger partial charge in [0.2, 0.25) is 0 Å². The van der Waals surface area contributed by atoms with Gasteiger partial charge in [-0.3, -0.25) is 14.9 Å². The molecule has 0 bridgehead atoms. The number of pyridine rings is 1. The highest BCUT2D eigenvalue weighted by atomic mass is 19.1. The van der Waals surface area contributed by atoms with E-state index in [1.54, 1.807) is 30.5 Å². The molecule has 190 valence electrons. The molecule has 1 amide bonds. The molecule has 0 radical (unpaired) electrons. The Kier molecular flexibility index (Phi) is 5.27. The minimum Gasteiger partial charge on any atom is -0.331 e. The van der Waals surface area contributed by atoms with Crippen molar-refractivity contribution in [2.45, 2.75) is 44.3 Å². The van der Waals surface area contributed by atoms with Crippen molar-refractivity contribution < 1.29 is 13.6 Å². The lowest BCUT2D eigenvalue weighted by Crippen LogP contribution is -2.39. The summed E-state index contributed by atoms with van der Waals surface area (Å²) >= 11 is 0. The molecular formula is C28H23F2N7O. The zero-order chi connectivity index (χ0) is 25.8. The van der Waals surface area contributed by atoms with Gasteiger partial charge in [0.1, 0.15) is 35.0 Å². The third-order valence-corrected chi connectivity index (χ3v) is 7.68. The van der Waals surface area contributed by atoms with Crippen molar-refractivity contribution in [3.8, 4) is 22.9 Å². The molecule has 5 aromatic rings. The van der Waals surface area contributed by atoms with Gasteiger partial charge in [-0.2, -0.15) is 5.10 Å². The molecule has 10 heteroatoms. The highest BCUT2D eigenvalue weighted by Crippen LogP contribution is 2.40. The van der Waals surface area contributed by atoms with E-state index in [4.69, 9.17) is 4.98 Å². The molecule has 1 saturated carbocycles. The summed E-state index contributed by atoms with van der Waals surface area (Å²) in [4.78, 5) is 28.6. The van der Waals surface area contributed by atoms with Crippen molar-refractivity contribution >= 4 is 16.9 Å². The number of nitrogens with one attached hydrogen (secondary N) is 1. The Morgan fingerprint density at radius 2 is 1.84 bits per heavy atom. The molecule has 38 heavy (non-hydrogen) atoms. The molecule has 1 fully saturated rings. The van der Waals surface area contributed by atoms with Gasteiger partial charge < -0.3 is 9.47 Å². The molecule has 0 saturated heterocycles. The first-order valence-electron chi connectivity index (χ1n) is 12.6. The van der Waals surface area contributed by atoms with Gasteiger partial charge in [-0.25, -0.2) is 18.7 Å². The predicted octanol–water partition coefficient (Wildman–Crippen LogP) is 5.30. The summed E-state index contributed by atoms with van der Waals surface area (Å²) in [6.07, 6.45) is 6.36. The van der Waals surface area contributed by atoms with Crippen LogP contribution in [-0.4, -0.2) is 46.6 Å². The molecular weight excluding hydrogens is 488 g/mol. The summed E-state index contributed by atoms with van der Waals surface area (Å²) in [5.41, 5.74) is 3.77. The first-order chi connectivity index (χ1) is 18.6. The molecule has 7 rings (SSSR count). The summed E-state index contributed by atoms with van der Waals surface area (Å²) in [6, 6.07) is 12.9. The number of benzene rings is 2. The Labute approximate surface area is 216 Å². The van der Waals surface area contributed by atoms with E-state index >= 15 is 4.39 Å². The van der Waals surface area contributed by atoms with Gasteiger partial charge in [0.05, 0.1) is 17.3 Å². The van der Waals surface area contributed by atoms with Crippen LogP contribution in [0.1, 0.15) is 47.6 Å². The number of imidazole rings is 1. The van der Waals surface area contributed by atoms with Crippen molar-refractivity contribution in [2.24, 2.45) is 0 Å². The van der Waals surface area contributed by atoms with Crippen LogP contribution in [0.15, 0.2) is 61.1 Å². The Morgan fingerprint density at radius 3 is 2.68 bits per heavy atom. The fourth-order valence-corrected chi connectivity index (χ4v) is 5.91. The Balaban J connectivity index is 1.31. The van der Waals surface area contributed by atoms with Crippen LogP contribution in [0.3, 0.4) is 0 Å². The number of aromatic nitrogens is 6. The maximum absolute atomic E-state index is 15.0. The van der Waals surface area contributed by atoms with Crippen LogP contribution in [0.25, 0.3) is 33.9 Å². The summed E-state index contributed by atoms with van der Waals surface area (Å²) in [5, 5.41) is 6.77. The maximum Gasteiger partial charge on any atom is 0.254 e. The van der Waals surface area contributed by atoms with E-state index in [1.165, 1.54) is 24.5 Å². The van der Waals surface area contributed by atoms with Crippen LogP contribution in [0.2, 0.25) is 0 Å². The molecule has 4 heterocycles. The number of hydrogen-bond donors (Lipinski definition) is 1. The summed E-state index contributed by atoms with van der Waals surface area (Å²) in [7, 11) is 0. The molecule has 2 unspecified atom stereocenters. The number of fused-ring (bicyclic) bond motifs is 2. The minimum atomic E-state index is -0.406. The number of halogens is 2. The lowest BCUT2D eigenvalue weighted by atomic mass is 9.89. The van der Waals surface area contributed by atoms with Crippen LogP contribution in [0.4, 0.5) is 8.78 Å². The number of aromatic amines is 1. The van der Waals surface area contributed by atoms with Crippen LogP contribution in [0.5, 0.6) is 0 Å². The summed E-state index contributed by atoms with van der Waals surface area (Å²) < 4.78 is 31.0. The van der Waals surface area contributed by atoms with E-state index < -0.39 is 5.82 Å². The molecule has 2 aliphatic rings. The van der Waals surface area contributed by atoms with Gasteiger partial charge in [0.25, 0.3) is 5.91 Å². The standard InChI is InChI=1S/C28H23F2N7O/c29-17-9-8-16-14-36(28(38)21(16)10-17)18-4-3-5-19(11-18)37-25-12-23(26-32-15-33-35-26)31-13-24(25)34-27(37)20-6-1-2-7-22(20)30/h1-2,6-10,12-13,15,18-19H,3-5,11,14H2,(H,32,33,35). The zero-order valence-electron chi connectivity index (χ0n) is 20.3. The second-order valence-corrected chi connectivity index (χ2v) is 9.89. The summed E-state index contributed by atoms with van der Waals surface area (Å²) in [6.45, 7) is 0.468. The minimum absolute atomic E-state index is 0.0294. The van der Waals surface area contributed by atoms with Crippen molar-refractivity contribution in [3.05, 3.63) is 83.8 Å². The van der Waals surface area contributed by atoms with E-state index in [9.17, 15) is 9.18 Å². The number of H-pyrrole nitrogens is 1. The predicted molar refractivity (Wildman–Crippen MR) is 136 cm³/mol. The second kappa shape index (κ2) is 8.83. The van der Waals surface area contributed by atoms with E-state index in [-0.39, 0.29) is 23.8 Å². The van der Waals surface area contributed by atoms with E-state index in [0.717, 1.165) is 30.3 Å². The normalized spacial score (nSPS) is 19.3. The Hall–Kier alpha value is -4.47. The third-order valence-electron chi connectivity index (χ3n) is 7.68. The number of carbonyl (C=O) groups is 1. The van der Waals surface area contributed by atoms with E-state index in [2.05, 4.69) is 24.7 Å². The molecule has 8 nitrogen and oxygen atoms in total. The number of hydrogen-bond acceptors (Lipinski definition) is 5. The van der Waals surface area contributed by atoms with Gasteiger partial charge in [0, 0.05) is 24.2 Å². The SMILES string of the molecule is O=C1c2cc(F)ccc2CN1C1CCCC(n2c(-c3ccccc3F)nc3cnc(-c4ncn[nH]4)cc32)C1. The van der Waals surface area contributed by atoms with Crippen LogP contribution < -0.4 is 0 Å². The maximum atomic E-state index is 15.0. The van der Waals surface area contributed by atoms with Gasteiger partial charge in [0.15, 0.2) is 5.82 Å². The van der Waals surface area contributed by atoms with E-state index in [0.29, 0.717) is 47.0 Å². The average Bonchev–Trinajstić information content (AvgIpc) is 3.67. The summed E-state index contributed by atoms with van der Waals surface area (Å²) in [5.74, 6) is 0.162. The molecule has 0 spiro atoms. The number of amides is 1. The van der Waals surface area contributed by atoms with Crippen molar-refractivity contribution in [2.75, 3.05) is 0 Å². The number of rotatable bonds is 4. The average molecular weight is 512 g/mol. The molecule has 1 N–H and O–H groups in total. The van der Waals surface area contributed by atoms with Crippen LogP contribution >= 0.6 is 0 Å². The van der Waals surface area contributed by atoms with Gasteiger partial charge in [-0.15, -0.1) is 0 Å². The molecule has 1 aliphatic heterocycles. The van der Waals surface area contributed by atoms with E-state index in [1.807, 2.05) is 11.0 Å². The van der Waals surface area contributed by atoms with Crippen molar-refractivity contribution in [1.29, 1.82) is 0 Å². The molecule has 2 atom stereocenters. The van der Waals surface area contributed by atoms with Crippen molar-refractivity contribution in [1.82, 2.24) is 34.6 Å². The Bertz CT molecular complexity index is 1680. The fraction of sp³-hybridized carbons (Fsp3) is 0.250. The molecule has 3 aromatic heterocycles. The first-order valence-corrected chi connectivity index (χ1v) is 12.6. The smallest absolute Gasteiger partial charge is 0.254 e. The number of carbonyl (C=O) groups excluding carboxylic acids is 1. The fourth-order valence-electron chi connectivity index (χ4n) is 5.91. The highest BCUT2D eigenvalue weighted by Gasteiger charge is 2.37. The third kappa shape index (κ3) is 3.67. The highest BCUT2D eigenvalue weighted by molar-refractivity contribution is 5.98. The largest absolute Gasteiger partial charge is 0.331 e.